The first-order chi connectivity index (χ1) is 14.8. The molecule has 0 bridgehead atoms. The summed E-state index contributed by atoms with van der Waals surface area (Å²) in [7, 11) is 1.31. The van der Waals surface area contributed by atoms with E-state index in [4.69, 9.17) is 4.74 Å². The van der Waals surface area contributed by atoms with Gasteiger partial charge in [-0.15, -0.1) is 12.6 Å². The Hall–Kier alpha value is -2.99. The largest absolute Gasteiger partial charge is 0.478 e. The molecule has 162 valence electrons. The Morgan fingerprint density at radius 1 is 1.00 bits per heavy atom. The summed E-state index contributed by atoms with van der Waals surface area (Å²) >= 11 is 4.67. The number of rotatable bonds is 7. The molecule has 2 aromatic rings. The van der Waals surface area contributed by atoms with Crippen LogP contribution in [0.25, 0.3) is 0 Å². The highest BCUT2D eigenvalue weighted by Gasteiger charge is 2.38. The Morgan fingerprint density at radius 3 is 2.32 bits per heavy atom. The van der Waals surface area contributed by atoms with Crippen LogP contribution in [-0.4, -0.2) is 24.2 Å². The molecule has 2 N–H and O–H groups in total. The molecule has 0 radical (unpaired) electrons. The van der Waals surface area contributed by atoms with Gasteiger partial charge in [-0.05, 0) is 55.9 Å². The SMILES string of the molecule is COC(=O)C1=C(C)NC(C)=C(C(=O)O)C1c1cccc(S)c1CCCc1ccccc1. The molecule has 0 spiro atoms. The molecule has 0 saturated heterocycles. The van der Waals surface area contributed by atoms with Gasteiger partial charge in [0.2, 0.25) is 0 Å². The predicted octanol–water partition coefficient (Wildman–Crippen LogP) is 4.64. The number of thiol groups is 1. The minimum absolute atomic E-state index is 0.147. The van der Waals surface area contributed by atoms with Crippen molar-refractivity contribution in [1.82, 2.24) is 5.32 Å². The molecule has 1 heterocycles. The zero-order valence-electron chi connectivity index (χ0n) is 17.9. The predicted molar refractivity (Wildman–Crippen MR) is 123 cm³/mol. The lowest BCUT2D eigenvalue weighted by molar-refractivity contribution is -0.136. The minimum Gasteiger partial charge on any atom is -0.478 e. The van der Waals surface area contributed by atoms with Crippen LogP contribution < -0.4 is 5.32 Å². The average Bonchev–Trinajstić information content (AvgIpc) is 2.74. The van der Waals surface area contributed by atoms with Crippen molar-refractivity contribution in [2.24, 2.45) is 0 Å². The Morgan fingerprint density at radius 2 is 1.68 bits per heavy atom. The molecule has 0 fully saturated rings. The van der Waals surface area contributed by atoms with Gasteiger partial charge in [-0.25, -0.2) is 9.59 Å². The number of aliphatic carboxylic acids is 1. The van der Waals surface area contributed by atoms with Crippen LogP contribution in [-0.2, 0) is 27.2 Å². The molecule has 5 nitrogen and oxygen atoms in total. The maximum Gasteiger partial charge on any atom is 0.336 e. The second-order valence-corrected chi connectivity index (χ2v) is 8.10. The number of ether oxygens (including phenoxy) is 1. The van der Waals surface area contributed by atoms with Crippen LogP contribution in [0.4, 0.5) is 0 Å². The van der Waals surface area contributed by atoms with Gasteiger partial charge in [0.1, 0.15) is 0 Å². The molecule has 1 atom stereocenters. The molecular formula is C25H27NO4S. The lowest BCUT2D eigenvalue weighted by Crippen LogP contribution is -2.32. The second-order valence-electron chi connectivity index (χ2n) is 7.62. The molecule has 0 aliphatic carbocycles. The number of hydrogen-bond acceptors (Lipinski definition) is 5. The van der Waals surface area contributed by atoms with E-state index in [1.165, 1.54) is 12.7 Å². The van der Waals surface area contributed by atoms with Crippen LogP contribution >= 0.6 is 12.6 Å². The van der Waals surface area contributed by atoms with Gasteiger partial charge in [-0.3, -0.25) is 0 Å². The molecule has 0 saturated carbocycles. The van der Waals surface area contributed by atoms with Crippen molar-refractivity contribution in [3.63, 3.8) is 0 Å². The summed E-state index contributed by atoms with van der Waals surface area (Å²) in [5.74, 6) is -2.34. The molecule has 1 unspecified atom stereocenters. The zero-order chi connectivity index (χ0) is 22.5. The van der Waals surface area contributed by atoms with Crippen LogP contribution in [0.1, 0.15) is 42.9 Å². The monoisotopic (exact) mass is 437 g/mol. The van der Waals surface area contributed by atoms with E-state index in [1.807, 2.05) is 36.4 Å². The smallest absolute Gasteiger partial charge is 0.336 e. The first-order valence-electron chi connectivity index (χ1n) is 10.2. The highest BCUT2D eigenvalue weighted by Crippen LogP contribution is 2.41. The number of allylic oxidation sites excluding steroid dienone is 2. The summed E-state index contributed by atoms with van der Waals surface area (Å²) < 4.78 is 5.01. The number of carbonyl (C=O) groups is 2. The maximum absolute atomic E-state index is 12.7. The van der Waals surface area contributed by atoms with E-state index < -0.39 is 17.9 Å². The van der Waals surface area contributed by atoms with E-state index in [-0.39, 0.29) is 5.57 Å². The summed E-state index contributed by atoms with van der Waals surface area (Å²) in [4.78, 5) is 25.7. The fourth-order valence-electron chi connectivity index (χ4n) is 4.22. The van der Waals surface area contributed by atoms with Crippen molar-refractivity contribution in [1.29, 1.82) is 0 Å². The fourth-order valence-corrected chi connectivity index (χ4v) is 4.54. The van der Waals surface area contributed by atoms with Crippen LogP contribution in [0.3, 0.4) is 0 Å². The van der Waals surface area contributed by atoms with E-state index in [9.17, 15) is 14.7 Å². The van der Waals surface area contributed by atoms with Crippen molar-refractivity contribution in [3.05, 3.63) is 87.8 Å². The standard InChI is InChI=1S/C25H27NO4S/c1-15-21(24(27)28)23(22(16(2)26-15)25(29)30-3)19-13-8-14-20(31)18(19)12-7-11-17-9-5-4-6-10-17/h4-6,8-10,13-14,23,26,31H,7,11-12H2,1-3H3,(H,27,28). The third kappa shape index (κ3) is 4.85. The number of hydrogen-bond donors (Lipinski definition) is 3. The van der Waals surface area contributed by atoms with Gasteiger partial charge in [0, 0.05) is 16.3 Å². The zero-order valence-corrected chi connectivity index (χ0v) is 18.8. The molecule has 1 aliphatic heterocycles. The van der Waals surface area contributed by atoms with Crippen LogP contribution in [0.2, 0.25) is 0 Å². The van der Waals surface area contributed by atoms with Crippen LogP contribution in [0.5, 0.6) is 0 Å². The van der Waals surface area contributed by atoms with Crippen LogP contribution in [0.15, 0.2) is 76.0 Å². The summed E-state index contributed by atoms with van der Waals surface area (Å²) in [6.07, 6.45) is 2.49. The van der Waals surface area contributed by atoms with Crippen molar-refractivity contribution >= 4 is 24.6 Å². The third-order valence-corrected chi connectivity index (χ3v) is 6.05. The Kier molecular flexibility index (Phi) is 7.23. The Labute approximate surface area is 188 Å². The highest BCUT2D eigenvalue weighted by atomic mass is 32.1. The molecule has 0 aromatic heterocycles. The normalized spacial score (nSPS) is 16.2. The van der Waals surface area contributed by atoms with Gasteiger partial charge < -0.3 is 15.2 Å². The fraction of sp³-hybridized carbons (Fsp3) is 0.280. The maximum atomic E-state index is 12.7. The van der Waals surface area contributed by atoms with Crippen molar-refractivity contribution in [2.45, 2.75) is 43.9 Å². The molecular weight excluding hydrogens is 410 g/mol. The molecule has 6 heteroatoms. The number of carboxylic acids is 1. The topological polar surface area (TPSA) is 75.6 Å². The molecule has 1 aliphatic rings. The number of benzene rings is 2. The van der Waals surface area contributed by atoms with Gasteiger partial charge in [0.05, 0.1) is 24.2 Å². The van der Waals surface area contributed by atoms with Gasteiger partial charge in [-0.1, -0.05) is 42.5 Å². The Balaban J connectivity index is 2.05. The van der Waals surface area contributed by atoms with E-state index >= 15 is 0 Å². The number of methoxy groups -OCH3 is 1. The number of aryl methyl sites for hydroxylation is 1. The first-order valence-corrected chi connectivity index (χ1v) is 10.6. The van der Waals surface area contributed by atoms with Gasteiger partial charge in [0.25, 0.3) is 0 Å². The molecule has 2 aromatic carbocycles. The Bertz CT molecular complexity index is 1060. The number of carbonyl (C=O) groups excluding carboxylic acids is 1. The first kappa shape index (κ1) is 22.7. The summed E-state index contributed by atoms with van der Waals surface area (Å²) in [6, 6.07) is 15.9. The van der Waals surface area contributed by atoms with Crippen molar-refractivity contribution in [2.75, 3.05) is 7.11 Å². The molecule has 0 amide bonds. The number of dihydropyridines is 1. The summed E-state index contributed by atoms with van der Waals surface area (Å²) in [6.45, 7) is 3.48. The number of nitrogens with one attached hydrogen (secondary N) is 1. The van der Waals surface area contributed by atoms with E-state index in [1.54, 1.807) is 13.8 Å². The second kappa shape index (κ2) is 9.88. The minimum atomic E-state index is -1.07. The quantitative estimate of drug-likeness (QED) is 0.435. The highest BCUT2D eigenvalue weighted by molar-refractivity contribution is 7.80. The molecule has 31 heavy (non-hydrogen) atoms. The number of carboxylic acid groups (broad SMARTS) is 1. The van der Waals surface area contributed by atoms with E-state index in [0.29, 0.717) is 23.4 Å². The lowest BCUT2D eigenvalue weighted by Gasteiger charge is -2.31. The van der Waals surface area contributed by atoms with Crippen LogP contribution in [0, 0.1) is 0 Å². The average molecular weight is 438 g/mol. The lowest BCUT2D eigenvalue weighted by atomic mass is 9.78. The van der Waals surface area contributed by atoms with Gasteiger partial charge in [-0.2, -0.15) is 0 Å². The van der Waals surface area contributed by atoms with Gasteiger partial charge in [0.15, 0.2) is 0 Å². The van der Waals surface area contributed by atoms with Crippen molar-refractivity contribution < 1.29 is 19.4 Å². The third-order valence-electron chi connectivity index (χ3n) is 5.63. The van der Waals surface area contributed by atoms with Gasteiger partial charge >= 0.3 is 11.9 Å². The van der Waals surface area contributed by atoms with E-state index in [0.717, 1.165) is 28.9 Å². The van der Waals surface area contributed by atoms with Crippen molar-refractivity contribution in [3.8, 4) is 0 Å². The number of esters is 1. The van der Waals surface area contributed by atoms with E-state index in [2.05, 4.69) is 30.1 Å². The summed E-state index contributed by atoms with van der Waals surface area (Å²) in [5.41, 5.74) is 4.55. The molecule has 3 rings (SSSR count). The summed E-state index contributed by atoms with van der Waals surface area (Å²) in [5, 5.41) is 13.0.